The van der Waals surface area contributed by atoms with Gasteiger partial charge in [0.05, 0.1) is 6.20 Å². The third-order valence-electron chi connectivity index (χ3n) is 6.32. The van der Waals surface area contributed by atoms with Gasteiger partial charge in [-0.2, -0.15) is 0 Å². The van der Waals surface area contributed by atoms with Gasteiger partial charge in [-0.25, -0.2) is 15.0 Å². The molecule has 6 rings (SSSR count). The molecule has 0 amide bonds. The predicted octanol–water partition coefficient (Wildman–Crippen LogP) is 5.09. The van der Waals surface area contributed by atoms with Crippen LogP contribution in [0.2, 0.25) is 0 Å². The van der Waals surface area contributed by atoms with Gasteiger partial charge in [0, 0.05) is 17.0 Å². The summed E-state index contributed by atoms with van der Waals surface area (Å²) in [6, 6.07) is 7.04. The number of hydrogen-bond acceptors (Lipinski definition) is 3. The quantitative estimate of drug-likeness (QED) is 0.447. The highest BCUT2D eigenvalue weighted by Gasteiger charge is 2.37. The summed E-state index contributed by atoms with van der Waals surface area (Å²) in [4.78, 5) is 14.3. The summed E-state index contributed by atoms with van der Waals surface area (Å²) in [5.41, 5.74) is 5.86. The number of imidazole rings is 1. The molecule has 26 heavy (non-hydrogen) atoms. The Hall–Kier alpha value is -2.49. The van der Waals surface area contributed by atoms with Crippen LogP contribution >= 0.6 is 0 Å². The van der Waals surface area contributed by atoms with Gasteiger partial charge in [-0.05, 0) is 59.7 Å². The van der Waals surface area contributed by atoms with Gasteiger partial charge < -0.3 is 0 Å². The van der Waals surface area contributed by atoms with Gasteiger partial charge in [0.1, 0.15) is 17.0 Å². The van der Waals surface area contributed by atoms with Gasteiger partial charge in [0.15, 0.2) is 5.65 Å². The van der Waals surface area contributed by atoms with Crippen molar-refractivity contribution in [2.75, 3.05) is 0 Å². The lowest BCUT2D eigenvalue weighted by Gasteiger charge is -2.16. The molecule has 4 aromatic rings. The SMILES string of the molecule is CC(C)(C)c1ncc2nc3c4cc5c(cc4ccn3c2n1)C1CCC5C1. The van der Waals surface area contributed by atoms with Crippen molar-refractivity contribution in [1.29, 1.82) is 0 Å². The van der Waals surface area contributed by atoms with Crippen LogP contribution in [0.3, 0.4) is 0 Å². The summed E-state index contributed by atoms with van der Waals surface area (Å²) in [6.07, 6.45) is 8.05. The molecule has 3 heterocycles. The van der Waals surface area contributed by atoms with Crippen molar-refractivity contribution in [3.8, 4) is 0 Å². The van der Waals surface area contributed by atoms with Gasteiger partial charge >= 0.3 is 0 Å². The lowest BCUT2D eigenvalue weighted by molar-refractivity contribution is 0.547. The van der Waals surface area contributed by atoms with E-state index in [9.17, 15) is 0 Å². The lowest BCUT2D eigenvalue weighted by atomic mass is 9.90. The molecule has 0 N–H and O–H groups in total. The third-order valence-corrected chi connectivity index (χ3v) is 6.32. The fourth-order valence-electron chi connectivity index (χ4n) is 4.97. The summed E-state index contributed by atoms with van der Waals surface area (Å²) in [5, 5.41) is 2.54. The van der Waals surface area contributed by atoms with Crippen LogP contribution < -0.4 is 0 Å². The standard InChI is InChI=1S/C22H22N4/c1-22(2,3)21-23-11-18-20(25-21)26-7-6-14-9-15-12-4-5-13(8-12)16(15)10-17(14)19(26)24-18/h6-7,9-13H,4-5,8H2,1-3H3. The van der Waals surface area contributed by atoms with E-state index in [1.54, 1.807) is 11.1 Å². The monoisotopic (exact) mass is 342 g/mol. The number of benzene rings is 1. The maximum atomic E-state index is 4.89. The van der Waals surface area contributed by atoms with E-state index >= 15 is 0 Å². The summed E-state index contributed by atoms with van der Waals surface area (Å²) >= 11 is 0. The summed E-state index contributed by atoms with van der Waals surface area (Å²) in [5.74, 6) is 2.41. The fraction of sp³-hybridized carbons (Fsp3) is 0.409. The maximum absolute atomic E-state index is 4.89. The first-order valence-corrected chi connectivity index (χ1v) is 9.61. The molecule has 130 valence electrons. The van der Waals surface area contributed by atoms with Gasteiger partial charge in [-0.1, -0.05) is 26.8 Å². The van der Waals surface area contributed by atoms with Gasteiger partial charge in [0.2, 0.25) is 0 Å². The van der Waals surface area contributed by atoms with E-state index in [1.165, 1.54) is 30.0 Å². The Morgan fingerprint density at radius 2 is 1.77 bits per heavy atom. The number of nitrogens with zero attached hydrogens (tertiary/aromatic N) is 4. The molecule has 1 aromatic carbocycles. The Bertz CT molecular complexity index is 1210. The molecule has 4 heteroatoms. The van der Waals surface area contributed by atoms with Gasteiger partial charge in [-0.3, -0.25) is 4.40 Å². The summed E-state index contributed by atoms with van der Waals surface area (Å²) < 4.78 is 2.13. The minimum absolute atomic E-state index is 0.0742. The van der Waals surface area contributed by atoms with E-state index < -0.39 is 0 Å². The summed E-state index contributed by atoms with van der Waals surface area (Å²) in [7, 11) is 0. The van der Waals surface area contributed by atoms with Crippen molar-refractivity contribution in [2.24, 2.45) is 0 Å². The molecule has 2 aliphatic carbocycles. The number of aromatic nitrogens is 4. The first-order valence-electron chi connectivity index (χ1n) is 9.61. The molecule has 4 nitrogen and oxygen atoms in total. The maximum Gasteiger partial charge on any atom is 0.168 e. The topological polar surface area (TPSA) is 43.1 Å². The van der Waals surface area contributed by atoms with E-state index in [1.807, 2.05) is 6.20 Å². The molecule has 3 aromatic heterocycles. The van der Waals surface area contributed by atoms with Crippen LogP contribution in [0.1, 0.15) is 68.8 Å². The number of rotatable bonds is 0. The lowest BCUT2D eigenvalue weighted by Crippen LogP contribution is -2.15. The van der Waals surface area contributed by atoms with Crippen LogP contribution in [0.5, 0.6) is 0 Å². The minimum atomic E-state index is -0.0742. The van der Waals surface area contributed by atoms with Crippen molar-refractivity contribution >= 4 is 27.6 Å². The molecule has 0 saturated heterocycles. The Morgan fingerprint density at radius 3 is 2.54 bits per heavy atom. The van der Waals surface area contributed by atoms with Crippen LogP contribution in [0.4, 0.5) is 0 Å². The molecular weight excluding hydrogens is 320 g/mol. The smallest absolute Gasteiger partial charge is 0.168 e. The van der Waals surface area contributed by atoms with Crippen molar-refractivity contribution in [3.05, 3.63) is 47.5 Å². The van der Waals surface area contributed by atoms with Crippen LogP contribution in [0.25, 0.3) is 27.6 Å². The molecule has 1 fully saturated rings. The second-order valence-corrected chi connectivity index (χ2v) is 9.05. The van der Waals surface area contributed by atoms with Crippen molar-refractivity contribution in [2.45, 2.75) is 57.3 Å². The van der Waals surface area contributed by atoms with E-state index in [4.69, 9.17) is 9.97 Å². The van der Waals surface area contributed by atoms with E-state index in [-0.39, 0.29) is 5.41 Å². The first-order chi connectivity index (χ1) is 12.5. The Kier molecular flexibility index (Phi) is 2.60. The zero-order chi connectivity index (χ0) is 17.6. The molecule has 2 unspecified atom stereocenters. The second-order valence-electron chi connectivity index (χ2n) is 9.05. The zero-order valence-electron chi connectivity index (χ0n) is 15.5. The van der Waals surface area contributed by atoms with Crippen molar-refractivity contribution in [1.82, 2.24) is 19.4 Å². The van der Waals surface area contributed by atoms with Gasteiger partial charge in [-0.15, -0.1) is 0 Å². The summed E-state index contributed by atoms with van der Waals surface area (Å²) in [6.45, 7) is 6.43. The fourth-order valence-corrected chi connectivity index (χ4v) is 4.97. The minimum Gasteiger partial charge on any atom is -0.283 e. The van der Waals surface area contributed by atoms with E-state index in [0.29, 0.717) is 0 Å². The molecule has 2 aliphatic rings. The number of pyridine rings is 1. The highest BCUT2D eigenvalue weighted by atomic mass is 15.1. The normalized spacial score (nSPS) is 22.0. The van der Waals surface area contributed by atoms with Gasteiger partial charge in [0.25, 0.3) is 0 Å². The molecular formula is C22H22N4. The zero-order valence-corrected chi connectivity index (χ0v) is 15.5. The van der Waals surface area contributed by atoms with Crippen LogP contribution in [0, 0.1) is 0 Å². The largest absolute Gasteiger partial charge is 0.283 e. The first kappa shape index (κ1) is 14.7. The van der Waals surface area contributed by atoms with Crippen LogP contribution in [-0.2, 0) is 5.41 Å². The molecule has 2 bridgehead atoms. The second kappa shape index (κ2) is 4.61. The Morgan fingerprint density at radius 1 is 1.00 bits per heavy atom. The van der Waals surface area contributed by atoms with E-state index in [2.05, 4.69) is 54.6 Å². The molecule has 0 spiro atoms. The third kappa shape index (κ3) is 1.82. The molecule has 0 radical (unpaired) electrons. The number of fused-ring (bicyclic) bond motifs is 10. The van der Waals surface area contributed by atoms with Crippen LogP contribution in [-0.4, -0.2) is 19.4 Å². The van der Waals surface area contributed by atoms with E-state index in [0.717, 1.165) is 34.5 Å². The van der Waals surface area contributed by atoms with Crippen LogP contribution in [0.15, 0.2) is 30.6 Å². The highest BCUT2D eigenvalue weighted by molar-refractivity contribution is 5.98. The molecule has 1 saturated carbocycles. The van der Waals surface area contributed by atoms with Crippen molar-refractivity contribution < 1.29 is 0 Å². The molecule has 0 aliphatic heterocycles. The average molecular weight is 342 g/mol. The Labute approximate surface area is 152 Å². The predicted molar refractivity (Wildman–Crippen MR) is 104 cm³/mol. The Balaban J connectivity index is 1.67. The highest BCUT2D eigenvalue weighted by Crippen LogP contribution is 2.53. The van der Waals surface area contributed by atoms with Crippen molar-refractivity contribution in [3.63, 3.8) is 0 Å². The average Bonchev–Trinajstić information content (AvgIpc) is 3.31. The molecule has 2 atom stereocenters. The number of hydrogen-bond donors (Lipinski definition) is 0.